The van der Waals surface area contributed by atoms with E-state index in [1.165, 1.54) is 24.6 Å². The monoisotopic (exact) mass is 326 g/mol. The average molecular weight is 326 g/mol. The Morgan fingerprint density at radius 1 is 1.25 bits per heavy atom. The van der Waals surface area contributed by atoms with Crippen molar-refractivity contribution in [2.45, 2.75) is 12.5 Å². The maximum absolute atomic E-state index is 13.1. The molecule has 1 aromatic heterocycles. The van der Waals surface area contributed by atoms with Crippen LogP contribution in [0.25, 0.3) is 11.3 Å². The van der Waals surface area contributed by atoms with E-state index in [4.69, 9.17) is 4.42 Å². The Morgan fingerprint density at radius 2 is 2.04 bits per heavy atom. The number of hydrogen-bond acceptors (Lipinski definition) is 4. The van der Waals surface area contributed by atoms with Gasteiger partial charge in [0.25, 0.3) is 0 Å². The van der Waals surface area contributed by atoms with E-state index < -0.39 is 11.9 Å². The summed E-state index contributed by atoms with van der Waals surface area (Å²) in [4.78, 5) is 15.8. The molecule has 122 valence electrons. The fraction of sp³-hybridized carbons (Fsp3) is 0.111. The van der Waals surface area contributed by atoms with Crippen molar-refractivity contribution in [3.63, 3.8) is 0 Å². The van der Waals surface area contributed by atoms with Crippen LogP contribution in [0.4, 0.5) is 10.1 Å². The highest BCUT2D eigenvalue weighted by Gasteiger charge is 2.14. The molecular weight excluding hydrogens is 311 g/mol. The fourth-order valence-corrected chi connectivity index (χ4v) is 2.30. The van der Waals surface area contributed by atoms with Crippen LogP contribution in [0.1, 0.15) is 18.1 Å². The Labute approximate surface area is 137 Å². The summed E-state index contributed by atoms with van der Waals surface area (Å²) >= 11 is 0. The van der Waals surface area contributed by atoms with Crippen LogP contribution in [-0.4, -0.2) is 16.0 Å². The van der Waals surface area contributed by atoms with Crippen LogP contribution in [0.3, 0.4) is 0 Å². The standard InChI is InChI=1S/C18H15FN2O3/c19-14-3-1-2-13(8-14)16(22)9-18(23)21-15-6-4-12(5-7-15)17-10-20-11-24-17/h1-8,10-11,16,22H,9H2,(H,21,23). The number of aliphatic hydroxyl groups is 1. The highest BCUT2D eigenvalue weighted by atomic mass is 19.1. The third-order valence-electron chi connectivity index (χ3n) is 3.50. The number of carbonyl (C=O) groups excluding carboxylic acids is 1. The molecule has 1 atom stereocenters. The van der Waals surface area contributed by atoms with Crippen molar-refractivity contribution in [1.82, 2.24) is 4.98 Å². The molecule has 2 aromatic carbocycles. The second-order valence-electron chi connectivity index (χ2n) is 5.27. The molecule has 3 rings (SSSR count). The van der Waals surface area contributed by atoms with Gasteiger partial charge in [0.05, 0.1) is 18.7 Å². The predicted molar refractivity (Wildman–Crippen MR) is 86.5 cm³/mol. The zero-order valence-corrected chi connectivity index (χ0v) is 12.6. The lowest BCUT2D eigenvalue weighted by Crippen LogP contribution is -2.15. The van der Waals surface area contributed by atoms with Gasteiger partial charge in [-0.05, 0) is 42.0 Å². The Kier molecular flexibility index (Phi) is 4.67. The third-order valence-corrected chi connectivity index (χ3v) is 3.50. The molecule has 0 radical (unpaired) electrons. The summed E-state index contributed by atoms with van der Waals surface area (Å²) in [5.41, 5.74) is 1.80. The van der Waals surface area contributed by atoms with Crippen LogP contribution in [-0.2, 0) is 4.79 Å². The molecular formula is C18H15FN2O3. The normalized spacial score (nSPS) is 11.9. The highest BCUT2D eigenvalue weighted by molar-refractivity contribution is 5.91. The second kappa shape index (κ2) is 7.06. The number of aromatic nitrogens is 1. The molecule has 0 saturated heterocycles. The van der Waals surface area contributed by atoms with Crippen LogP contribution in [0.5, 0.6) is 0 Å². The van der Waals surface area contributed by atoms with E-state index >= 15 is 0 Å². The Balaban J connectivity index is 1.60. The topological polar surface area (TPSA) is 75.4 Å². The summed E-state index contributed by atoms with van der Waals surface area (Å²) < 4.78 is 18.3. The van der Waals surface area contributed by atoms with E-state index in [9.17, 15) is 14.3 Å². The first kappa shape index (κ1) is 15.9. The lowest BCUT2D eigenvalue weighted by atomic mass is 10.1. The number of rotatable bonds is 5. The minimum absolute atomic E-state index is 0.159. The molecule has 1 amide bonds. The molecule has 0 spiro atoms. The first-order valence-corrected chi connectivity index (χ1v) is 7.34. The van der Waals surface area contributed by atoms with E-state index in [0.717, 1.165) is 5.56 Å². The maximum atomic E-state index is 13.1. The van der Waals surface area contributed by atoms with Gasteiger partial charge in [-0.2, -0.15) is 0 Å². The first-order chi connectivity index (χ1) is 11.6. The van der Waals surface area contributed by atoms with Crippen molar-refractivity contribution in [1.29, 1.82) is 0 Å². The van der Waals surface area contributed by atoms with Gasteiger partial charge in [-0.25, -0.2) is 9.37 Å². The SMILES string of the molecule is O=C(CC(O)c1cccc(F)c1)Nc1ccc(-c2cnco2)cc1. The van der Waals surface area contributed by atoms with Gasteiger partial charge >= 0.3 is 0 Å². The summed E-state index contributed by atoms with van der Waals surface area (Å²) in [5, 5.41) is 12.7. The number of nitrogens with zero attached hydrogens (tertiary/aromatic N) is 1. The Morgan fingerprint density at radius 3 is 2.71 bits per heavy atom. The molecule has 0 aliphatic carbocycles. The van der Waals surface area contributed by atoms with Gasteiger partial charge in [0.2, 0.25) is 5.91 Å². The van der Waals surface area contributed by atoms with Crippen molar-refractivity contribution in [2.24, 2.45) is 0 Å². The van der Waals surface area contributed by atoms with Crippen molar-refractivity contribution >= 4 is 11.6 Å². The highest BCUT2D eigenvalue weighted by Crippen LogP contribution is 2.22. The van der Waals surface area contributed by atoms with Gasteiger partial charge in [0.1, 0.15) is 5.82 Å². The zero-order chi connectivity index (χ0) is 16.9. The summed E-state index contributed by atoms with van der Waals surface area (Å²) in [6.45, 7) is 0. The number of aliphatic hydroxyl groups excluding tert-OH is 1. The molecule has 1 heterocycles. The predicted octanol–water partition coefficient (Wildman–Crippen LogP) is 3.54. The molecule has 0 saturated carbocycles. The van der Waals surface area contributed by atoms with Gasteiger partial charge in [-0.3, -0.25) is 4.79 Å². The lowest BCUT2D eigenvalue weighted by Gasteiger charge is -2.11. The van der Waals surface area contributed by atoms with Gasteiger partial charge in [-0.15, -0.1) is 0 Å². The summed E-state index contributed by atoms with van der Waals surface area (Å²) in [5.74, 6) is -0.177. The van der Waals surface area contributed by atoms with E-state index in [2.05, 4.69) is 10.3 Å². The molecule has 6 heteroatoms. The van der Waals surface area contributed by atoms with E-state index in [1.807, 2.05) is 0 Å². The molecule has 3 aromatic rings. The number of oxazole rings is 1. The number of nitrogens with one attached hydrogen (secondary N) is 1. The van der Waals surface area contributed by atoms with Gasteiger partial charge in [-0.1, -0.05) is 12.1 Å². The maximum Gasteiger partial charge on any atom is 0.227 e. The van der Waals surface area contributed by atoms with E-state index in [1.54, 1.807) is 36.5 Å². The van der Waals surface area contributed by atoms with Gasteiger partial charge < -0.3 is 14.8 Å². The van der Waals surface area contributed by atoms with Crippen LogP contribution in [0.15, 0.2) is 65.5 Å². The summed E-state index contributed by atoms with van der Waals surface area (Å²) in [6.07, 6.45) is 1.73. The number of benzene rings is 2. The molecule has 0 aliphatic rings. The number of halogens is 1. The van der Waals surface area contributed by atoms with Crippen molar-refractivity contribution in [3.05, 3.63) is 72.5 Å². The zero-order valence-electron chi connectivity index (χ0n) is 12.6. The van der Waals surface area contributed by atoms with Crippen LogP contribution < -0.4 is 5.32 Å². The van der Waals surface area contributed by atoms with Crippen molar-refractivity contribution in [2.75, 3.05) is 5.32 Å². The number of anilines is 1. The second-order valence-corrected chi connectivity index (χ2v) is 5.27. The van der Waals surface area contributed by atoms with Crippen molar-refractivity contribution < 1.29 is 18.7 Å². The van der Waals surface area contributed by atoms with Crippen LogP contribution in [0, 0.1) is 5.82 Å². The smallest absolute Gasteiger partial charge is 0.227 e. The molecule has 1 unspecified atom stereocenters. The minimum atomic E-state index is -1.06. The quantitative estimate of drug-likeness (QED) is 0.752. The Bertz CT molecular complexity index is 817. The molecule has 24 heavy (non-hydrogen) atoms. The number of carbonyl (C=O) groups is 1. The Hall–Kier alpha value is -2.99. The first-order valence-electron chi connectivity index (χ1n) is 7.34. The summed E-state index contributed by atoms with van der Waals surface area (Å²) in [6, 6.07) is 12.6. The van der Waals surface area contributed by atoms with Crippen LogP contribution in [0.2, 0.25) is 0 Å². The van der Waals surface area contributed by atoms with Gasteiger partial charge in [0, 0.05) is 11.3 Å². The molecule has 0 bridgehead atoms. The third kappa shape index (κ3) is 3.85. The minimum Gasteiger partial charge on any atom is -0.444 e. The molecule has 0 aliphatic heterocycles. The fourth-order valence-electron chi connectivity index (χ4n) is 2.30. The number of hydrogen-bond donors (Lipinski definition) is 2. The summed E-state index contributed by atoms with van der Waals surface area (Å²) in [7, 11) is 0. The van der Waals surface area contributed by atoms with Crippen molar-refractivity contribution in [3.8, 4) is 11.3 Å². The van der Waals surface area contributed by atoms with Crippen LogP contribution >= 0.6 is 0 Å². The van der Waals surface area contributed by atoms with Gasteiger partial charge in [0.15, 0.2) is 12.2 Å². The number of amides is 1. The average Bonchev–Trinajstić information content (AvgIpc) is 3.10. The molecule has 0 fully saturated rings. The lowest BCUT2D eigenvalue weighted by molar-refractivity contribution is -0.118. The molecule has 2 N–H and O–H groups in total. The van der Waals surface area contributed by atoms with E-state index in [-0.39, 0.29) is 12.3 Å². The van der Waals surface area contributed by atoms with E-state index in [0.29, 0.717) is 17.0 Å². The largest absolute Gasteiger partial charge is 0.444 e. The molecule has 5 nitrogen and oxygen atoms in total.